The van der Waals surface area contributed by atoms with E-state index in [2.05, 4.69) is 10.1 Å². The molecule has 0 unspecified atom stereocenters. The number of rotatable bonds is 5. The summed E-state index contributed by atoms with van der Waals surface area (Å²) in [7, 11) is -4.10. The van der Waals surface area contributed by atoms with Crippen molar-refractivity contribution in [3.8, 4) is 0 Å². The molecule has 1 aromatic carbocycles. The predicted octanol–water partition coefficient (Wildman–Crippen LogP) is 1.16. The monoisotopic (exact) mass is 529 g/mol. The Bertz CT molecular complexity index is 1410. The maximum absolute atomic E-state index is 14.3. The van der Waals surface area contributed by atoms with Crippen LogP contribution < -0.4 is 5.73 Å². The van der Waals surface area contributed by atoms with Crippen molar-refractivity contribution in [3.63, 3.8) is 0 Å². The number of carbonyl (C=O) groups is 2. The molecule has 0 bridgehead atoms. The van der Waals surface area contributed by atoms with Crippen LogP contribution in [-0.4, -0.2) is 88.5 Å². The zero-order valence-corrected chi connectivity index (χ0v) is 21.0. The summed E-state index contributed by atoms with van der Waals surface area (Å²) in [6, 6.07) is 3.44. The van der Waals surface area contributed by atoms with Crippen LogP contribution in [0, 0.1) is 16.6 Å². The van der Waals surface area contributed by atoms with Gasteiger partial charge in [-0.3, -0.25) is 4.79 Å². The first kappa shape index (κ1) is 23.1. The van der Waals surface area contributed by atoms with Crippen molar-refractivity contribution in [2.24, 2.45) is 16.6 Å². The van der Waals surface area contributed by atoms with Gasteiger partial charge in [0.05, 0.1) is 6.04 Å². The first-order valence-electron chi connectivity index (χ1n) is 12.6. The number of aromatic nitrogens is 3. The summed E-state index contributed by atoms with van der Waals surface area (Å²) in [4.78, 5) is 31.9. The smallest absolute Gasteiger partial charge is 0.320 e. The molecule has 0 radical (unpaired) electrons. The molecule has 3 saturated heterocycles. The van der Waals surface area contributed by atoms with Crippen molar-refractivity contribution in [2.75, 3.05) is 39.3 Å². The number of nitrogens with two attached hydrogens (primary N) is 1. The fourth-order valence-corrected chi connectivity index (χ4v) is 8.20. The van der Waals surface area contributed by atoms with Crippen LogP contribution in [0.3, 0.4) is 0 Å². The van der Waals surface area contributed by atoms with Gasteiger partial charge in [0.15, 0.2) is 5.82 Å². The van der Waals surface area contributed by atoms with Gasteiger partial charge in [0.25, 0.3) is 0 Å². The number of hydrogen-bond donors (Lipinski definition) is 1. The van der Waals surface area contributed by atoms with E-state index in [1.807, 2.05) is 15.9 Å². The third-order valence-corrected chi connectivity index (χ3v) is 10.5. The quantitative estimate of drug-likeness (QED) is 0.618. The second-order valence-electron chi connectivity index (χ2n) is 11.7. The Morgan fingerprint density at radius 3 is 2.27 bits per heavy atom. The van der Waals surface area contributed by atoms with E-state index < -0.39 is 26.6 Å². The molecule has 11 nitrogen and oxygen atoms in total. The molecular formula is C24H28FN7O4S. The lowest BCUT2D eigenvalue weighted by molar-refractivity contribution is -0.101. The van der Waals surface area contributed by atoms with Crippen molar-refractivity contribution in [1.29, 1.82) is 0 Å². The molecule has 2 N–H and O–H groups in total. The zero-order chi connectivity index (χ0) is 25.7. The van der Waals surface area contributed by atoms with Crippen LogP contribution >= 0.6 is 0 Å². The summed E-state index contributed by atoms with van der Waals surface area (Å²) in [6.07, 6.45) is 6.23. The minimum Gasteiger partial charge on any atom is -0.366 e. The molecule has 196 valence electrons. The maximum atomic E-state index is 14.3. The molecule has 4 heterocycles. The van der Waals surface area contributed by atoms with Crippen molar-refractivity contribution >= 4 is 22.0 Å². The van der Waals surface area contributed by atoms with Crippen LogP contribution in [0.1, 0.15) is 53.8 Å². The van der Waals surface area contributed by atoms with Crippen LogP contribution in [0.4, 0.5) is 9.18 Å². The Labute approximate surface area is 213 Å². The summed E-state index contributed by atoms with van der Waals surface area (Å²) >= 11 is 0. The van der Waals surface area contributed by atoms with E-state index in [1.165, 1.54) is 17.1 Å². The second kappa shape index (κ2) is 7.50. The van der Waals surface area contributed by atoms with Gasteiger partial charge in [-0.2, -0.15) is 9.40 Å². The standard InChI is InChI=1S/C24H28FN7O4S/c25-18-4-3-16(20(26)33)5-19(18)37(35,36)31-12-24(13-31)10-30(11-24)22(34)29-8-23(9-29)6-17(7-23)32-14-27-21(28-32)15-1-2-15/h3-5,14-15,17H,1-2,6-13H2,(H2,26,33). The number of likely N-dealkylation sites (tertiary alicyclic amines) is 2. The molecule has 2 spiro atoms. The summed E-state index contributed by atoms with van der Waals surface area (Å²) in [5.74, 6) is -0.238. The Morgan fingerprint density at radius 1 is 1.00 bits per heavy atom. The van der Waals surface area contributed by atoms with E-state index in [0.29, 0.717) is 25.0 Å². The molecule has 3 amide bonds. The minimum atomic E-state index is -4.10. The molecule has 3 aliphatic heterocycles. The van der Waals surface area contributed by atoms with Gasteiger partial charge in [0, 0.05) is 61.6 Å². The molecule has 2 aliphatic carbocycles. The SMILES string of the molecule is NC(=O)c1ccc(F)c(S(=O)(=O)N2CC3(CN(C(=O)N4CC5(CC(n6cnc(C7CC7)n6)C5)C4)C3)C2)c1. The van der Waals surface area contributed by atoms with Crippen molar-refractivity contribution in [1.82, 2.24) is 28.9 Å². The number of urea groups is 1. The average molecular weight is 530 g/mol. The molecule has 1 aromatic heterocycles. The number of hydrogen-bond acceptors (Lipinski definition) is 6. The third kappa shape index (κ3) is 3.57. The second-order valence-corrected chi connectivity index (χ2v) is 13.6. The highest BCUT2D eigenvalue weighted by Crippen LogP contribution is 2.54. The highest BCUT2D eigenvalue weighted by molar-refractivity contribution is 7.89. The summed E-state index contributed by atoms with van der Waals surface area (Å²) in [6.45, 7) is 2.88. The Kier molecular flexibility index (Phi) is 4.68. The van der Waals surface area contributed by atoms with Gasteiger partial charge in [-0.15, -0.1) is 0 Å². The van der Waals surface area contributed by atoms with Crippen LogP contribution in [-0.2, 0) is 10.0 Å². The molecule has 37 heavy (non-hydrogen) atoms. The fraction of sp³-hybridized carbons (Fsp3) is 0.583. The summed E-state index contributed by atoms with van der Waals surface area (Å²) in [5, 5.41) is 4.64. The molecule has 7 rings (SSSR count). The van der Waals surface area contributed by atoms with E-state index in [-0.39, 0.29) is 35.5 Å². The first-order valence-corrected chi connectivity index (χ1v) is 14.1. The lowest BCUT2D eigenvalue weighted by Crippen LogP contribution is -2.76. The van der Waals surface area contributed by atoms with Crippen molar-refractivity contribution < 1.29 is 22.4 Å². The number of primary amides is 1. The van der Waals surface area contributed by atoms with Crippen LogP contribution in [0.5, 0.6) is 0 Å². The Hall–Kier alpha value is -3.06. The van der Waals surface area contributed by atoms with Gasteiger partial charge >= 0.3 is 6.03 Å². The van der Waals surface area contributed by atoms with E-state index in [1.54, 1.807) is 4.90 Å². The van der Waals surface area contributed by atoms with Gasteiger partial charge < -0.3 is 15.5 Å². The number of nitrogens with zero attached hydrogens (tertiary/aromatic N) is 6. The molecular weight excluding hydrogens is 501 g/mol. The van der Waals surface area contributed by atoms with Crippen molar-refractivity contribution in [2.45, 2.75) is 42.5 Å². The normalized spacial score (nSPS) is 24.4. The van der Waals surface area contributed by atoms with Gasteiger partial charge in [-0.1, -0.05) is 0 Å². The molecule has 2 aromatic rings. The molecule has 5 fully saturated rings. The van der Waals surface area contributed by atoms with E-state index in [0.717, 1.165) is 50.0 Å². The lowest BCUT2D eigenvalue weighted by atomic mass is 9.60. The summed E-state index contributed by atoms with van der Waals surface area (Å²) < 4.78 is 43.3. The predicted molar refractivity (Wildman–Crippen MR) is 127 cm³/mol. The first-order chi connectivity index (χ1) is 17.6. The molecule has 5 aliphatic rings. The summed E-state index contributed by atoms with van der Waals surface area (Å²) in [5.41, 5.74) is 5.03. The fourth-order valence-electron chi connectivity index (χ4n) is 6.44. The number of sulfonamides is 1. The van der Waals surface area contributed by atoms with Crippen LogP contribution in [0.25, 0.3) is 0 Å². The number of halogens is 1. The Morgan fingerprint density at radius 2 is 1.65 bits per heavy atom. The topological polar surface area (TPSA) is 135 Å². The van der Waals surface area contributed by atoms with Crippen LogP contribution in [0.15, 0.2) is 29.4 Å². The maximum Gasteiger partial charge on any atom is 0.320 e. The van der Waals surface area contributed by atoms with E-state index in [4.69, 9.17) is 5.73 Å². The molecule has 0 atom stereocenters. The molecule has 13 heteroatoms. The average Bonchev–Trinajstić information content (AvgIpc) is 3.47. The third-order valence-electron chi connectivity index (χ3n) is 8.68. The largest absolute Gasteiger partial charge is 0.366 e. The van der Waals surface area contributed by atoms with Crippen LogP contribution in [0.2, 0.25) is 0 Å². The van der Waals surface area contributed by atoms with E-state index in [9.17, 15) is 22.4 Å². The highest BCUT2D eigenvalue weighted by Gasteiger charge is 2.60. The van der Waals surface area contributed by atoms with Gasteiger partial charge in [-0.25, -0.2) is 27.3 Å². The minimum absolute atomic E-state index is 0.00186. The lowest BCUT2D eigenvalue weighted by Gasteiger charge is -2.63. The zero-order valence-electron chi connectivity index (χ0n) is 20.2. The highest BCUT2D eigenvalue weighted by atomic mass is 32.2. The number of benzene rings is 1. The van der Waals surface area contributed by atoms with Gasteiger partial charge in [0.1, 0.15) is 17.0 Å². The van der Waals surface area contributed by atoms with E-state index >= 15 is 0 Å². The van der Waals surface area contributed by atoms with Crippen molar-refractivity contribution in [3.05, 3.63) is 41.7 Å². The number of amides is 3. The molecule has 2 saturated carbocycles. The number of carbonyl (C=O) groups excluding carboxylic acids is 2. The van der Waals surface area contributed by atoms with Gasteiger partial charge in [0.2, 0.25) is 15.9 Å². The Balaban J connectivity index is 0.900. The van der Waals surface area contributed by atoms with Gasteiger partial charge in [-0.05, 0) is 43.9 Å².